The number of carbonyl (C=O) groups is 1. The summed E-state index contributed by atoms with van der Waals surface area (Å²) in [6.07, 6.45) is 5.99. The van der Waals surface area contributed by atoms with E-state index in [4.69, 9.17) is 0 Å². The summed E-state index contributed by atoms with van der Waals surface area (Å²) in [6, 6.07) is 12.7. The molecule has 1 aliphatic heterocycles. The maximum Gasteiger partial charge on any atom is 0.195 e. The highest BCUT2D eigenvalue weighted by atomic mass is 16.1. The molecule has 5 heteroatoms. The average Bonchev–Trinajstić information content (AvgIpc) is 3.27. The normalized spacial score (nSPS) is 20.5. The zero-order valence-corrected chi connectivity index (χ0v) is 22.0. The standard InChI is InChI=1S/C31H36N4O/c1-5-20-18-22-26(30(3,4)29-25(28(22)36)21-10-7-8-11-24(21)33-29)23(19-32)27(20)34-14-16-35(17-15-34)31(6-2)12-9-13-31/h7-8,10-11,18,33H,5-6,9,12-17H2,1-4H3. The highest BCUT2D eigenvalue weighted by Crippen LogP contribution is 2.48. The molecule has 6 rings (SSSR count). The van der Waals surface area contributed by atoms with E-state index in [1.54, 1.807) is 0 Å². The Morgan fingerprint density at radius 1 is 1.08 bits per heavy atom. The van der Waals surface area contributed by atoms with Gasteiger partial charge in [-0.3, -0.25) is 9.69 Å². The minimum atomic E-state index is -0.482. The molecule has 5 nitrogen and oxygen atoms in total. The number of ketones is 1. The lowest BCUT2D eigenvalue weighted by Crippen LogP contribution is -2.60. The van der Waals surface area contributed by atoms with Crippen LogP contribution in [0.15, 0.2) is 30.3 Å². The van der Waals surface area contributed by atoms with Crippen LogP contribution in [-0.4, -0.2) is 47.4 Å². The molecule has 3 aliphatic rings. The lowest BCUT2D eigenvalue weighted by Gasteiger charge is -2.53. The predicted molar refractivity (Wildman–Crippen MR) is 145 cm³/mol. The van der Waals surface area contributed by atoms with Crippen LogP contribution in [0.4, 0.5) is 5.69 Å². The first kappa shape index (κ1) is 23.3. The summed E-state index contributed by atoms with van der Waals surface area (Å²) >= 11 is 0. The summed E-state index contributed by atoms with van der Waals surface area (Å²) in [4.78, 5) is 22.6. The number of H-pyrrole nitrogens is 1. The van der Waals surface area contributed by atoms with Gasteiger partial charge in [0.15, 0.2) is 5.78 Å². The number of aryl methyl sites for hydroxylation is 1. The maximum absolute atomic E-state index is 14.0. The van der Waals surface area contributed by atoms with Gasteiger partial charge in [0, 0.05) is 59.3 Å². The van der Waals surface area contributed by atoms with E-state index >= 15 is 0 Å². The zero-order chi connectivity index (χ0) is 25.2. The van der Waals surface area contributed by atoms with Crippen LogP contribution in [-0.2, 0) is 11.8 Å². The topological polar surface area (TPSA) is 63.1 Å². The van der Waals surface area contributed by atoms with Crippen molar-refractivity contribution in [2.24, 2.45) is 0 Å². The van der Waals surface area contributed by atoms with Gasteiger partial charge >= 0.3 is 0 Å². The Kier molecular flexibility index (Phi) is 5.32. The number of benzene rings is 2. The molecule has 0 spiro atoms. The van der Waals surface area contributed by atoms with Gasteiger partial charge in [-0.05, 0) is 55.4 Å². The van der Waals surface area contributed by atoms with Crippen LogP contribution in [0, 0.1) is 11.3 Å². The fourth-order valence-electron chi connectivity index (χ4n) is 7.29. The van der Waals surface area contributed by atoms with Crippen molar-refractivity contribution in [1.29, 1.82) is 5.26 Å². The van der Waals surface area contributed by atoms with Gasteiger partial charge in [0.05, 0.1) is 16.8 Å². The Balaban J connectivity index is 1.46. The average molecular weight is 481 g/mol. The van der Waals surface area contributed by atoms with Gasteiger partial charge in [0.2, 0.25) is 0 Å². The predicted octanol–water partition coefficient (Wildman–Crippen LogP) is 5.93. The fraction of sp³-hybridized carbons (Fsp3) is 0.484. The van der Waals surface area contributed by atoms with Crippen molar-refractivity contribution in [3.05, 3.63) is 63.8 Å². The molecule has 1 aromatic heterocycles. The number of nitrogens with one attached hydrogen (secondary N) is 1. The van der Waals surface area contributed by atoms with Crippen molar-refractivity contribution >= 4 is 22.4 Å². The highest BCUT2D eigenvalue weighted by Gasteiger charge is 2.45. The second-order valence-corrected chi connectivity index (χ2v) is 11.4. The second-order valence-electron chi connectivity index (χ2n) is 11.4. The molecule has 186 valence electrons. The lowest BCUT2D eigenvalue weighted by atomic mass is 9.68. The molecule has 2 heterocycles. The first-order chi connectivity index (χ1) is 17.4. The third kappa shape index (κ3) is 3.07. The van der Waals surface area contributed by atoms with E-state index in [-0.39, 0.29) is 5.78 Å². The van der Waals surface area contributed by atoms with Gasteiger partial charge in [-0.2, -0.15) is 5.26 Å². The van der Waals surface area contributed by atoms with Crippen LogP contribution in [0.25, 0.3) is 10.9 Å². The second kappa shape index (κ2) is 8.21. The molecule has 1 saturated carbocycles. The van der Waals surface area contributed by atoms with E-state index in [2.05, 4.69) is 54.6 Å². The zero-order valence-electron chi connectivity index (χ0n) is 22.0. The monoisotopic (exact) mass is 480 g/mol. The molecule has 0 atom stereocenters. The molecule has 2 aliphatic carbocycles. The van der Waals surface area contributed by atoms with Crippen molar-refractivity contribution in [3.63, 3.8) is 0 Å². The minimum absolute atomic E-state index is 0.0363. The first-order valence-electron chi connectivity index (χ1n) is 13.6. The maximum atomic E-state index is 14.0. The Morgan fingerprint density at radius 2 is 1.81 bits per heavy atom. The van der Waals surface area contributed by atoms with Crippen molar-refractivity contribution in [1.82, 2.24) is 9.88 Å². The van der Waals surface area contributed by atoms with E-state index in [0.29, 0.717) is 16.7 Å². The molecule has 0 bridgehead atoms. The van der Waals surface area contributed by atoms with Crippen molar-refractivity contribution in [2.45, 2.75) is 70.8 Å². The van der Waals surface area contributed by atoms with E-state index in [1.165, 1.54) is 25.7 Å². The van der Waals surface area contributed by atoms with Crippen LogP contribution in [0.2, 0.25) is 0 Å². The third-order valence-corrected chi connectivity index (χ3v) is 9.51. The third-order valence-electron chi connectivity index (χ3n) is 9.51. The number of rotatable bonds is 4. The van der Waals surface area contributed by atoms with Gasteiger partial charge in [-0.15, -0.1) is 0 Å². The van der Waals surface area contributed by atoms with Crippen LogP contribution in [0.3, 0.4) is 0 Å². The number of piperazine rings is 1. The number of anilines is 1. The summed E-state index contributed by atoms with van der Waals surface area (Å²) in [6.45, 7) is 12.7. The summed E-state index contributed by atoms with van der Waals surface area (Å²) in [5.74, 6) is 0.0363. The van der Waals surface area contributed by atoms with E-state index < -0.39 is 5.41 Å². The number of nitrogens with zero attached hydrogens (tertiary/aromatic N) is 3. The summed E-state index contributed by atoms with van der Waals surface area (Å²) in [5.41, 5.74) is 7.02. The molecular formula is C31H36N4O. The van der Waals surface area contributed by atoms with Crippen LogP contribution < -0.4 is 4.90 Å². The van der Waals surface area contributed by atoms with Crippen molar-refractivity contribution in [3.8, 4) is 6.07 Å². The Morgan fingerprint density at radius 3 is 2.42 bits per heavy atom. The molecule has 2 aromatic carbocycles. The lowest BCUT2D eigenvalue weighted by molar-refractivity contribution is 0.00833. The first-order valence-corrected chi connectivity index (χ1v) is 13.6. The Hall–Kier alpha value is -3.10. The molecular weight excluding hydrogens is 444 g/mol. The van der Waals surface area contributed by atoms with E-state index in [1.807, 2.05) is 24.3 Å². The number of aromatic nitrogens is 1. The molecule has 2 fully saturated rings. The molecule has 0 amide bonds. The van der Waals surface area contributed by atoms with Crippen molar-refractivity contribution in [2.75, 3.05) is 31.1 Å². The SMILES string of the molecule is CCc1cc2c(c(C#N)c1N1CCN(C3(CC)CCC3)CC1)C(C)(C)c1[nH]c3ccccc3c1C2=O. The number of hydrogen-bond acceptors (Lipinski definition) is 4. The summed E-state index contributed by atoms with van der Waals surface area (Å²) < 4.78 is 0. The number of carbonyl (C=O) groups excluding carboxylic acids is 1. The number of para-hydroxylation sites is 1. The fourth-order valence-corrected chi connectivity index (χ4v) is 7.29. The van der Waals surface area contributed by atoms with E-state index in [9.17, 15) is 10.1 Å². The van der Waals surface area contributed by atoms with Gasteiger partial charge < -0.3 is 9.88 Å². The number of fused-ring (bicyclic) bond motifs is 4. The molecule has 1 saturated heterocycles. The van der Waals surface area contributed by atoms with E-state index in [0.717, 1.165) is 71.6 Å². The van der Waals surface area contributed by atoms with Crippen LogP contribution >= 0.6 is 0 Å². The molecule has 36 heavy (non-hydrogen) atoms. The Labute approximate surface area is 214 Å². The van der Waals surface area contributed by atoms with Crippen molar-refractivity contribution < 1.29 is 4.79 Å². The van der Waals surface area contributed by atoms with Crippen LogP contribution in [0.5, 0.6) is 0 Å². The van der Waals surface area contributed by atoms with Gasteiger partial charge in [0.25, 0.3) is 0 Å². The quantitative estimate of drug-likeness (QED) is 0.503. The van der Waals surface area contributed by atoms with Gasteiger partial charge in [0.1, 0.15) is 6.07 Å². The number of aromatic amines is 1. The molecule has 1 N–H and O–H groups in total. The smallest absolute Gasteiger partial charge is 0.195 e. The van der Waals surface area contributed by atoms with Crippen LogP contribution in [0.1, 0.15) is 91.7 Å². The minimum Gasteiger partial charge on any atom is -0.368 e. The van der Waals surface area contributed by atoms with Gasteiger partial charge in [-0.1, -0.05) is 45.9 Å². The summed E-state index contributed by atoms with van der Waals surface area (Å²) in [5, 5.41) is 11.6. The molecule has 0 unspecified atom stereocenters. The molecule has 3 aromatic rings. The molecule has 0 radical (unpaired) electrons. The largest absolute Gasteiger partial charge is 0.368 e. The number of hydrogen-bond donors (Lipinski definition) is 1. The Bertz CT molecular complexity index is 1410. The van der Waals surface area contributed by atoms with Gasteiger partial charge in [-0.25, -0.2) is 0 Å². The number of nitriles is 1. The summed E-state index contributed by atoms with van der Waals surface area (Å²) in [7, 11) is 0. The highest BCUT2D eigenvalue weighted by molar-refractivity contribution is 6.20.